The van der Waals surface area contributed by atoms with Gasteiger partial charge in [0.1, 0.15) is 11.7 Å². The molecule has 37 heavy (non-hydrogen) atoms. The number of rotatable bonds is 10. The molecule has 2 saturated carbocycles. The first-order valence-electron chi connectivity index (χ1n) is 13.4. The SMILES string of the molecule is CC(C)N/C(=C\C=N)C(=O)NC(C(=O)Nc1ccc2c(c1)NC(=O)C21CCOCC1)C(C1CC1)C1CC1. The molecule has 9 nitrogen and oxygen atoms in total. The van der Waals surface area contributed by atoms with Gasteiger partial charge in [-0.3, -0.25) is 14.4 Å². The van der Waals surface area contributed by atoms with Gasteiger partial charge >= 0.3 is 0 Å². The number of hydrogen-bond donors (Lipinski definition) is 5. The van der Waals surface area contributed by atoms with Crippen LogP contribution >= 0.6 is 0 Å². The van der Waals surface area contributed by atoms with Gasteiger partial charge < -0.3 is 31.4 Å². The highest BCUT2D eigenvalue weighted by Gasteiger charge is 2.49. The van der Waals surface area contributed by atoms with E-state index in [2.05, 4.69) is 21.3 Å². The van der Waals surface area contributed by atoms with Crippen LogP contribution in [0.1, 0.15) is 57.9 Å². The van der Waals surface area contributed by atoms with Crippen molar-refractivity contribution < 1.29 is 19.1 Å². The summed E-state index contributed by atoms with van der Waals surface area (Å²) in [6, 6.07) is 4.92. The highest BCUT2D eigenvalue weighted by Crippen LogP contribution is 2.51. The van der Waals surface area contributed by atoms with Crippen molar-refractivity contribution >= 4 is 35.3 Å². The zero-order valence-corrected chi connectivity index (χ0v) is 21.6. The van der Waals surface area contributed by atoms with Crippen LogP contribution < -0.4 is 21.3 Å². The van der Waals surface area contributed by atoms with Gasteiger partial charge in [-0.1, -0.05) is 6.07 Å². The zero-order valence-electron chi connectivity index (χ0n) is 21.6. The maximum atomic E-state index is 13.7. The molecule has 1 saturated heterocycles. The van der Waals surface area contributed by atoms with Crippen LogP contribution in [-0.4, -0.2) is 49.2 Å². The molecule has 1 unspecified atom stereocenters. The number of carbonyl (C=O) groups excluding carboxylic acids is 3. The van der Waals surface area contributed by atoms with Crippen molar-refractivity contribution in [1.82, 2.24) is 10.6 Å². The molecule has 1 aromatic rings. The second-order valence-corrected chi connectivity index (χ2v) is 11.1. The fraction of sp³-hybridized carbons (Fsp3) is 0.571. The van der Waals surface area contributed by atoms with Crippen molar-refractivity contribution in [3.05, 3.63) is 35.5 Å². The van der Waals surface area contributed by atoms with E-state index >= 15 is 0 Å². The summed E-state index contributed by atoms with van der Waals surface area (Å²) >= 11 is 0. The van der Waals surface area contributed by atoms with Gasteiger partial charge in [-0.2, -0.15) is 0 Å². The first-order valence-corrected chi connectivity index (χ1v) is 13.4. The molecule has 4 aliphatic rings. The summed E-state index contributed by atoms with van der Waals surface area (Å²) in [5.74, 6) is 0.315. The van der Waals surface area contributed by atoms with Gasteiger partial charge in [0.2, 0.25) is 11.8 Å². The number of nitrogens with one attached hydrogen (secondary N) is 5. The molecule has 1 atom stereocenters. The second kappa shape index (κ2) is 10.3. The predicted octanol–water partition coefficient (Wildman–Crippen LogP) is 3.08. The Hall–Kier alpha value is -3.20. The molecule has 2 heterocycles. The van der Waals surface area contributed by atoms with Crippen molar-refractivity contribution in [2.75, 3.05) is 23.8 Å². The van der Waals surface area contributed by atoms with Crippen molar-refractivity contribution in [2.45, 2.75) is 69.9 Å². The minimum atomic E-state index is -0.680. The van der Waals surface area contributed by atoms with Crippen molar-refractivity contribution in [3.63, 3.8) is 0 Å². The molecule has 3 fully saturated rings. The number of carbonyl (C=O) groups is 3. The molecular formula is C28H37N5O4. The van der Waals surface area contributed by atoms with Gasteiger partial charge in [0, 0.05) is 36.8 Å². The summed E-state index contributed by atoms with van der Waals surface area (Å²) in [5, 5.41) is 19.6. The Morgan fingerprint density at radius 2 is 1.78 bits per heavy atom. The van der Waals surface area contributed by atoms with E-state index in [1.807, 2.05) is 32.0 Å². The first kappa shape index (κ1) is 25.4. The number of ether oxygens (including phenoxy) is 1. The second-order valence-electron chi connectivity index (χ2n) is 11.1. The molecule has 0 aromatic heterocycles. The quantitative estimate of drug-likeness (QED) is 0.245. The third-order valence-corrected chi connectivity index (χ3v) is 8.06. The lowest BCUT2D eigenvalue weighted by atomic mass is 9.75. The van der Waals surface area contributed by atoms with Crippen LogP contribution in [0.15, 0.2) is 30.0 Å². The number of anilines is 2. The van der Waals surface area contributed by atoms with E-state index in [1.165, 1.54) is 6.08 Å². The summed E-state index contributed by atoms with van der Waals surface area (Å²) < 4.78 is 5.49. The van der Waals surface area contributed by atoms with Gasteiger partial charge in [-0.15, -0.1) is 0 Å². The van der Waals surface area contributed by atoms with Crippen molar-refractivity contribution in [1.29, 1.82) is 5.41 Å². The lowest BCUT2D eigenvalue weighted by molar-refractivity contribution is -0.126. The number of hydrogen-bond acceptors (Lipinski definition) is 6. The fourth-order valence-corrected chi connectivity index (χ4v) is 5.97. The fourth-order valence-electron chi connectivity index (χ4n) is 5.97. The summed E-state index contributed by atoms with van der Waals surface area (Å²) in [6.45, 7) is 4.94. The van der Waals surface area contributed by atoms with E-state index in [1.54, 1.807) is 0 Å². The van der Waals surface area contributed by atoms with Crippen molar-refractivity contribution in [2.24, 2.45) is 17.8 Å². The minimum Gasteiger partial charge on any atom is -0.381 e. The Kier molecular flexibility index (Phi) is 7.07. The van der Waals surface area contributed by atoms with E-state index in [4.69, 9.17) is 10.1 Å². The molecule has 3 amide bonds. The van der Waals surface area contributed by atoms with E-state index in [9.17, 15) is 14.4 Å². The molecule has 9 heteroatoms. The van der Waals surface area contributed by atoms with E-state index in [0.717, 1.165) is 43.1 Å². The number of benzene rings is 1. The maximum Gasteiger partial charge on any atom is 0.268 e. The van der Waals surface area contributed by atoms with Crippen LogP contribution in [0.25, 0.3) is 0 Å². The summed E-state index contributed by atoms with van der Waals surface area (Å²) in [4.78, 5) is 39.8. The summed E-state index contributed by atoms with van der Waals surface area (Å²) in [7, 11) is 0. The van der Waals surface area contributed by atoms with Crippen LogP contribution in [0, 0.1) is 23.2 Å². The molecule has 2 aliphatic carbocycles. The predicted molar refractivity (Wildman–Crippen MR) is 141 cm³/mol. The third-order valence-electron chi connectivity index (χ3n) is 8.06. The Labute approximate surface area is 217 Å². The van der Waals surface area contributed by atoms with Crippen LogP contribution in [-0.2, 0) is 24.5 Å². The number of allylic oxidation sites excluding steroid dienone is 1. The van der Waals surface area contributed by atoms with Gasteiger partial charge in [0.15, 0.2) is 0 Å². The van der Waals surface area contributed by atoms with E-state index in [-0.39, 0.29) is 35.4 Å². The number of fused-ring (bicyclic) bond motifs is 2. The molecular weight excluding hydrogens is 470 g/mol. The Balaban J connectivity index is 1.37. The Bertz CT molecular complexity index is 1100. The first-order chi connectivity index (χ1) is 17.8. The van der Waals surface area contributed by atoms with Gasteiger partial charge in [-0.25, -0.2) is 0 Å². The molecule has 2 aliphatic heterocycles. The summed E-state index contributed by atoms with van der Waals surface area (Å²) in [6.07, 6.45) is 8.08. The highest BCUT2D eigenvalue weighted by molar-refractivity contribution is 6.08. The lowest BCUT2D eigenvalue weighted by Crippen LogP contribution is -2.51. The molecule has 5 N–H and O–H groups in total. The lowest BCUT2D eigenvalue weighted by Gasteiger charge is -2.31. The molecule has 5 rings (SSSR count). The van der Waals surface area contributed by atoms with Crippen LogP contribution in [0.4, 0.5) is 11.4 Å². The average molecular weight is 508 g/mol. The summed E-state index contributed by atoms with van der Waals surface area (Å²) in [5.41, 5.74) is 1.99. The average Bonchev–Trinajstić information content (AvgIpc) is 3.79. The molecule has 1 spiro atoms. The monoisotopic (exact) mass is 507 g/mol. The topological polar surface area (TPSA) is 132 Å². The normalized spacial score (nSPS) is 21.4. The number of amides is 3. The minimum absolute atomic E-state index is 0.00697. The van der Waals surface area contributed by atoms with Crippen molar-refractivity contribution in [3.8, 4) is 0 Å². The van der Waals surface area contributed by atoms with Gasteiger partial charge in [0.25, 0.3) is 5.91 Å². The Morgan fingerprint density at radius 3 is 2.38 bits per heavy atom. The third kappa shape index (κ3) is 5.28. The van der Waals surface area contributed by atoms with Crippen LogP contribution in [0.5, 0.6) is 0 Å². The molecule has 198 valence electrons. The Morgan fingerprint density at radius 1 is 1.11 bits per heavy atom. The molecule has 0 radical (unpaired) electrons. The smallest absolute Gasteiger partial charge is 0.268 e. The van der Waals surface area contributed by atoms with Crippen LogP contribution in [0.2, 0.25) is 0 Å². The van der Waals surface area contributed by atoms with Gasteiger partial charge in [0.05, 0.1) is 5.41 Å². The highest BCUT2D eigenvalue weighted by atomic mass is 16.5. The maximum absolute atomic E-state index is 13.7. The standard InChI is InChI=1S/C28H37N5O4/c1-16(2)30-21(9-12-29)25(34)33-24(23(17-3-4-17)18-5-6-18)26(35)31-19-7-8-20-22(15-19)32-27(36)28(20)10-13-37-14-11-28/h7-9,12,15-18,23-24,29-30H,3-6,10-11,13-14H2,1-2H3,(H,31,35)(H,32,36)(H,33,34)/b21-9-,29-12?. The zero-order chi connectivity index (χ0) is 26.2. The van der Waals surface area contributed by atoms with Gasteiger partial charge in [-0.05, 0) is 93.9 Å². The molecule has 1 aromatic carbocycles. The van der Waals surface area contributed by atoms with E-state index in [0.29, 0.717) is 43.6 Å². The largest absolute Gasteiger partial charge is 0.381 e. The van der Waals surface area contributed by atoms with Crippen LogP contribution in [0.3, 0.4) is 0 Å². The van der Waals surface area contributed by atoms with E-state index < -0.39 is 11.5 Å². The molecule has 0 bridgehead atoms.